The molecule has 148 valence electrons. The number of aliphatic hydroxyl groups excluding tert-OH is 1. The van der Waals surface area contributed by atoms with Crippen LogP contribution in [-0.4, -0.2) is 52.5 Å². The average Bonchev–Trinajstić information content (AvgIpc) is 2.74. The summed E-state index contributed by atoms with van der Waals surface area (Å²) in [5, 5.41) is 13.1. The fraction of sp³-hybridized carbons (Fsp3) is 0.261. The molecular formula is C23H23N3O3. The van der Waals surface area contributed by atoms with Crippen LogP contribution in [0.2, 0.25) is 0 Å². The van der Waals surface area contributed by atoms with Crippen molar-refractivity contribution in [2.75, 3.05) is 19.7 Å². The van der Waals surface area contributed by atoms with Crippen molar-refractivity contribution in [1.82, 2.24) is 15.2 Å². The molecule has 6 heteroatoms. The summed E-state index contributed by atoms with van der Waals surface area (Å²) in [6, 6.07) is 16.9. The first-order chi connectivity index (χ1) is 14.1. The summed E-state index contributed by atoms with van der Waals surface area (Å²) in [5.74, 6) is -0.408. The van der Waals surface area contributed by atoms with Gasteiger partial charge in [0.1, 0.15) is 6.04 Å². The number of rotatable bonds is 4. The summed E-state index contributed by atoms with van der Waals surface area (Å²) in [6.45, 7) is 2.69. The summed E-state index contributed by atoms with van der Waals surface area (Å²) in [5.41, 5.74) is 4.50. The van der Waals surface area contributed by atoms with Crippen molar-refractivity contribution in [2.45, 2.75) is 19.4 Å². The van der Waals surface area contributed by atoms with Crippen LogP contribution in [0.15, 0.2) is 54.6 Å². The molecular weight excluding hydrogens is 366 g/mol. The van der Waals surface area contributed by atoms with Crippen molar-refractivity contribution in [3.8, 4) is 11.1 Å². The molecule has 4 rings (SSSR count). The van der Waals surface area contributed by atoms with Crippen molar-refractivity contribution < 1.29 is 14.7 Å². The Labute approximate surface area is 169 Å². The molecule has 1 aliphatic rings. The van der Waals surface area contributed by atoms with Gasteiger partial charge < -0.3 is 15.3 Å². The van der Waals surface area contributed by atoms with Gasteiger partial charge in [-0.3, -0.25) is 14.6 Å². The minimum Gasteiger partial charge on any atom is -0.396 e. The van der Waals surface area contributed by atoms with E-state index in [1.807, 2.05) is 43.3 Å². The lowest BCUT2D eigenvalue weighted by Gasteiger charge is -2.34. The van der Waals surface area contributed by atoms with E-state index in [0.29, 0.717) is 18.7 Å². The van der Waals surface area contributed by atoms with E-state index in [-0.39, 0.29) is 24.8 Å². The van der Waals surface area contributed by atoms with E-state index in [0.717, 1.165) is 27.7 Å². The fourth-order valence-electron chi connectivity index (χ4n) is 3.83. The van der Waals surface area contributed by atoms with Crippen LogP contribution in [0.25, 0.3) is 22.0 Å². The molecule has 0 aliphatic carbocycles. The Morgan fingerprint density at radius 3 is 2.72 bits per heavy atom. The molecule has 6 nitrogen and oxygen atoms in total. The van der Waals surface area contributed by atoms with Crippen molar-refractivity contribution in [3.63, 3.8) is 0 Å². The molecule has 1 atom stereocenters. The molecule has 1 unspecified atom stereocenters. The Hall–Kier alpha value is -3.25. The van der Waals surface area contributed by atoms with Gasteiger partial charge >= 0.3 is 0 Å². The largest absolute Gasteiger partial charge is 0.396 e. The molecule has 2 amide bonds. The normalized spacial score (nSPS) is 16.7. The lowest BCUT2D eigenvalue weighted by Crippen LogP contribution is -2.57. The van der Waals surface area contributed by atoms with Crippen LogP contribution in [0.4, 0.5) is 0 Å². The van der Waals surface area contributed by atoms with Crippen LogP contribution in [0, 0.1) is 6.92 Å². The summed E-state index contributed by atoms with van der Waals surface area (Å²) in [4.78, 5) is 31.2. The Morgan fingerprint density at radius 1 is 1.17 bits per heavy atom. The Balaban J connectivity index is 1.63. The van der Waals surface area contributed by atoms with Gasteiger partial charge in [0.2, 0.25) is 5.91 Å². The maximum absolute atomic E-state index is 13.0. The number of pyridine rings is 1. The summed E-state index contributed by atoms with van der Waals surface area (Å²) >= 11 is 0. The van der Waals surface area contributed by atoms with Gasteiger partial charge in [0.25, 0.3) is 5.91 Å². The van der Waals surface area contributed by atoms with Crippen molar-refractivity contribution in [1.29, 1.82) is 0 Å². The highest BCUT2D eigenvalue weighted by molar-refractivity contribution is 5.99. The Kier molecular flexibility index (Phi) is 5.27. The molecule has 0 bridgehead atoms. The minimum atomic E-state index is -0.631. The molecule has 1 fully saturated rings. The zero-order valence-corrected chi connectivity index (χ0v) is 16.3. The number of hydrogen-bond acceptors (Lipinski definition) is 4. The Bertz CT molecular complexity index is 1060. The predicted octanol–water partition coefficient (Wildman–Crippen LogP) is 2.53. The van der Waals surface area contributed by atoms with E-state index in [2.05, 4.69) is 16.4 Å². The van der Waals surface area contributed by atoms with Gasteiger partial charge in [-0.2, -0.15) is 0 Å². The lowest BCUT2D eigenvalue weighted by molar-refractivity contribution is -0.128. The number of nitrogens with zero attached hydrogens (tertiary/aromatic N) is 2. The third-order valence-electron chi connectivity index (χ3n) is 5.31. The first-order valence-electron chi connectivity index (χ1n) is 9.75. The van der Waals surface area contributed by atoms with Crippen LogP contribution in [-0.2, 0) is 4.79 Å². The second kappa shape index (κ2) is 8.01. The number of benzene rings is 2. The maximum Gasteiger partial charge on any atom is 0.254 e. The van der Waals surface area contributed by atoms with Crippen molar-refractivity contribution in [2.24, 2.45) is 0 Å². The van der Waals surface area contributed by atoms with E-state index < -0.39 is 6.04 Å². The molecule has 0 radical (unpaired) electrons. The first kappa shape index (κ1) is 19.1. The molecule has 1 saturated heterocycles. The molecule has 2 heterocycles. The summed E-state index contributed by atoms with van der Waals surface area (Å²) in [7, 11) is 0. The minimum absolute atomic E-state index is 0.143. The van der Waals surface area contributed by atoms with Crippen molar-refractivity contribution in [3.05, 3.63) is 65.9 Å². The van der Waals surface area contributed by atoms with Gasteiger partial charge in [-0.1, -0.05) is 30.3 Å². The number of carbonyl (C=O) groups is 2. The standard InChI is InChI=1S/C23H23N3O3/c1-15-5-10-19-18(3-2-4-20(19)25-15)16-6-8-17(9-7-16)23(29)26-13-12-24-22(28)21(26)11-14-27/h2-10,21,27H,11-14H2,1H3,(H,24,28). The van der Waals surface area contributed by atoms with Crippen LogP contribution in [0.5, 0.6) is 0 Å². The number of carbonyl (C=O) groups excluding carboxylic acids is 2. The second-order valence-corrected chi connectivity index (χ2v) is 7.22. The van der Waals surface area contributed by atoms with Gasteiger partial charge in [-0.25, -0.2) is 0 Å². The van der Waals surface area contributed by atoms with E-state index in [4.69, 9.17) is 0 Å². The molecule has 29 heavy (non-hydrogen) atoms. The monoisotopic (exact) mass is 389 g/mol. The summed E-state index contributed by atoms with van der Waals surface area (Å²) < 4.78 is 0. The van der Waals surface area contributed by atoms with Crippen LogP contribution in [0.1, 0.15) is 22.5 Å². The Morgan fingerprint density at radius 2 is 1.97 bits per heavy atom. The molecule has 1 aliphatic heterocycles. The van der Waals surface area contributed by atoms with Gasteiger partial charge in [0.05, 0.1) is 5.52 Å². The zero-order valence-electron chi connectivity index (χ0n) is 16.3. The first-order valence-corrected chi connectivity index (χ1v) is 9.75. The van der Waals surface area contributed by atoms with Crippen LogP contribution < -0.4 is 5.32 Å². The molecule has 3 aromatic rings. The summed E-state index contributed by atoms with van der Waals surface area (Å²) in [6.07, 6.45) is 0.234. The number of aromatic nitrogens is 1. The SMILES string of the molecule is Cc1ccc2c(-c3ccc(C(=O)N4CCNC(=O)C4CCO)cc3)cccc2n1. The smallest absolute Gasteiger partial charge is 0.254 e. The number of aliphatic hydroxyl groups is 1. The number of amides is 2. The van der Waals surface area contributed by atoms with E-state index in [1.54, 1.807) is 17.0 Å². The predicted molar refractivity (Wildman–Crippen MR) is 111 cm³/mol. The highest BCUT2D eigenvalue weighted by atomic mass is 16.3. The highest BCUT2D eigenvalue weighted by Gasteiger charge is 2.32. The molecule has 0 saturated carbocycles. The van der Waals surface area contributed by atoms with Gasteiger partial charge in [0, 0.05) is 36.3 Å². The number of fused-ring (bicyclic) bond motifs is 1. The van der Waals surface area contributed by atoms with Gasteiger partial charge in [-0.15, -0.1) is 0 Å². The van der Waals surface area contributed by atoms with E-state index in [1.165, 1.54) is 0 Å². The van der Waals surface area contributed by atoms with Gasteiger partial charge in [-0.05, 0) is 48.7 Å². The van der Waals surface area contributed by atoms with E-state index >= 15 is 0 Å². The number of hydrogen-bond donors (Lipinski definition) is 2. The number of aryl methyl sites for hydroxylation is 1. The average molecular weight is 389 g/mol. The van der Waals surface area contributed by atoms with Gasteiger partial charge in [0.15, 0.2) is 0 Å². The third kappa shape index (κ3) is 3.71. The van der Waals surface area contributed by atoms with Crippen LogP contribution in [0.3, 0.4) is 0 Å². The fourth-order valence-corrected chi connectivity index (χ4v) is 3.83. The zero-order chi connectivity index (χ0) is 20.4. The number of piperazine rings is 1. The van der Waals surface area contributed by atoms with E-state index in [9.17, 15) is 14.7 Å². The molecule has 1 aromatic heterocycles. The van der Waals surface area contributed by atoms with Crippen LogP contribution >= 0.6 is 0 Å². The number of nitrogens with one attached hydrogen (secondary N) is 1. The lowest BCUT2D eigenvalue weighted by atomic mass is 9.98. The second-order valence-electron chi connectivity index (χ2n) is 7.22. The molecule has 0 spiro atoms. The quantitative estimate of drug-likeness (QED) is 0.718. The highest BCUT2D eigenvalue weighted by Crippen LogP contribution is 2.28. The molecule has 2 aromatic carbocycles. The van der Waals surface area contributed by atoms with Crippen molar-refractivity contribution >= 4 is 22.7 Å². The maximum atomic E-state index is 13.0. The topological polar surface area (TPSA) is 82.5 Å². The third-order valence-corrected chi connectivity index (χ3v) is 5.31. The molecule has 2 N–H and O–H groups in total.